The van der Waals surface area contributed by atoms with E-state index in [1.165, 1.54) is 53.6 Å². The predicted molar refractivity (Wildman–Crippen MR) is 537 cm³/mol. The Kier molecular flexibility index (Phi) is 104. The van der Waals surface area contributed by atoms with E-state index in [0.29, 0.717) is 76.5 Å². The van der Waals surface area contributed by atoms with E-state index in [9.17, 15) is 47.9 Å². The van der Waals surface area contributed by atoms with Crippen molar-refractivity contribution < 1.29 is 38.4 Å². The van der Waals surface area contributed by atoms with Crippen LogP contribution in [0.1, 0.15) is 386 Å². The fourth-order valence-corrected chi connectivity index (χ4v) is 13.2. The molecule has 7 amide bonds. The van der Waals surface area contributed by atoms with Crippen LogP contribution in [0.5, 0.6) is 0 Å². The van der Waals surface area contributed by atoms with E-state index in [2.05, 4.69) is 191 Å². The molecule has 0 radical (unpaired) electrons. The van der Waals surface area contributed by atoms with Crippen LogP contribution in [0.4, 0.5) is 4.79 Å². The van der Waals surface area contributed by atoms with Gasteiger partial charge in [-0.2, -0.15) is 0 Å². The molecule has 10 rings (SSSR count). The number of piperidine rings is 4. The number of hydrogen-bond acceptors (Lipinski definition) is 15. The Morgan fingerprint density at radius 3 is 1.02 bits per heavy atom. The van der Waals surface area contributed by atoms with E-state index in [1.807, 2.05) is 166 Å². The fourth-order valence-electron chi connectivity index (χ4n) is 11.5. The molecule has 9 heterocycles. The second-order valence-corrected chi connectivity index (χ2v) is 33.9. The van der Waals surface area contributed by atoms with Crippen LogP contribution in [0.3, 0.4) is 0 Å². The number of nitrogens with two attached hydrogens (primary N) is 1. The molecule has 1 aromatic heterocycles. The number of ketones is 1. The molecule has 9 aliphatic rings. The van der Waals surface area contributed by atoms with Crippen molar-refractivity contribution in [3.8, 4) is 0 Å². The minimum atomic E-state index is -0.355. The summed E-state index contributed by atoms with van der Waals surface area (Å²) in [6.45, 7) is 103. The van der Waals surface area contributed by atoms with Gasteiger partial charge in [-0.3, -0.25) is 63.0 Å². The molecule has 23 heteroatoms. The Bertz CT molecular complexity index is 2850. The first-order chi connectivity index (χ1) is 57.5. The number of nitrogens with zero attached hydrogens (tertiary/aromatic N) is 2. The largest absolute Gasteiger partial charge is 0.389 e. The topological polar surface area (TPSA) is 314 Å². The maximum absolute atomic E-state index is 11.3. The minimum Gasteiger partial charge on any atom is -0.389 e. The first-order valence-electron chi connectivity index (χ1n) is 47.7. The zero-order valence-electron chi connectivity index (χ0n) is 86.7. The fraction of sp³-hybridized carbons (Fsp3) is 0.788. The van der Waals surface area contributed by atoms with Gasteiger partial charge in [-0.15, -0.1) is 0 Å². The van der Waals surface area contributed by atoms with Crippen LogP contribution in [0.2, 0.25) is 0 Å². The average Bonchev–Trinajstić information content (AvgIpc) is 1.38. The Morgan fingerprint density at radius 2 is 0.779 bits per heavy atom. The lowest BCUT2D eigenvalue weighted by Gasteiger charge is -2.27. The predicted octanol–water partition coefficient (Wildman–Crippen LogP) is 24.4. The number of amides is 7. The maximum atomic E-state index is 11.3. The van der Waals surface area contributed by atoms with Gasteiger partial charge < -0.3 is 37.6 Å². The summed E-state index contributed by atoms with van der Waals surface area (Å²) in [7, 11) is 0. The van der Waals surface area contributed by atoms with Crippen LogP contribution in [-0.2, 0) is 33.6 Å². The zero-order valence-corrected chi connectivity index (χ0v) is 88.3. The number of nitrogens with one attached hydrogen (secondary N) is 8. The Morgan fingerprint density at radius 1 is 0.385 bits per heavy atom. The average molecular weight is 1770 g/mol. The van der Waals surface area contributed by atoms with Crippen molar-refractivity contribution in [2.24, 2.45) is 99.5 Å². The molecule has 722 valence electrons. The van der Waals surface area contributed by atoms with E-state index >= 15 is 0 Å². The highest BCUT2D eigenvalue weighted by Crippen LogP contribution is 2.30. The summed E-state index contributed by atoms with van der Waals surface area (Å²) in [4.78, 5) is 115. The van der Waals surface area contributed by atoms with Crippen molar-refractivity contribution in [2.45, 2.75) is 397 Å². The van der Waals surface area contributed by atoms with E-state index in [1.54, 1.807) is 11.8 Å². The number of amidine groups is 1. The molecule has 0 aromatic carbocycles. The molecule has 10 N–H and O–H groups in total. The summed E-state index contributed by atoms with van der Waals surface area (Å²) in [6.07, 6.45) is 15.9. The van der Waals surface area contributed by atoms with Gasteiger partial charge in [-0.1, -0.05) is 326 Å². The molecular weight excluding hydrogens is 1570 g/mol. The lowest BCUT2D eigenvalue weighted by molar-refractivity contribution is -0.137. The van der Waals surface area contributed by atoms with Crippen molar-refractivity contribution in [1.29, 1.82) is 0 Å². The molecule has 8 aliphatic heterocycles. The van der Waals surface area contributed by atoms with Gasteiger partial charge in [0.2, 0.25) is 35.4 Å². The molecule has 1 aromatic rings. The van der Waals surface area contributed by atoms with Gasteiger partial charge in [-0.25, -0.2) is 4.79 Å². The molecular formula is C99H199N11O10S2. The molecule has 0 spiro atoms. The van der Waals surface area contributed by atoms with Crippen molar-refractivity contribution >= 4 is 75.2 Å². The normalized spacial score (nSPS) is 20.2. The number of H-pyrrole nitrogens is 1. The third-order valence-corrected chi connectivity index (χ3v) is 21.1. The maximum Gasteiger partial charge on any atom is 0.328 e. The highest BCUT2D eigenvalue weighted by Gasteiger charge is 2.32. The van der Waals surface area contributed by atoms with Crippen molar-refractivity contribution in [3.63, 3.8) is 0 Å². The van der Waals surface area contributed by atoms with Crippen molar-refractivity contribution in [1.82, 2.24) is 46.8 Å². The Balaban J connectivity index is -0.000000121. The van der Waals surface area contributed by atoms with Gasteiger partial charge in [-0.05, 0) is 144 Å². The highest BCUT2D eigenvalue weighted by molar-refractivity contribution is 8.14. The van der Waals surface area contributed by atoms with Crippen LogP contribution in [0, 0.1) is 88.8 Å². The number of Topliss-reactive ketones (excluding diaryl/α,β-unsaturated/α-hetero) is 1. The van der Waals surface area contributed by atoms with Crippen LogP contribution >= 0.6 is 23.5 Å². The highest BCUT2D eigenvalue weighted by atomic mass is 32.2. The lowest BCUT2D eigenvalue weighted by atomic mass is 9.81. The van der Waals surface area contributed by atoms with E-state index in [-0.39, 0.29) is 81.6 Å². The molecule has 1 saturated carbocycles. The second-order valence-electron chi connectivity index (χ2n) is 31.4. The van der Waals surface area contributed by atoms with Crippen molar-refractivity contribution in [3.05, 3.63) is 82.2 Å². The number of rotatable bonds is 9. The van der Waals surface area contributed by atoms with Gasteiger partial charge in [0.25, 0.3) is 10.8 Å². The van der Waals surface area contributed by atoms with Crippen LogP contribution in [-0.4, -0.2) is 97.9 Å². The standard InChI is InChI=1S/2C9H15NO.C9H17N.C9H16O.C8H13NO2.C8H13NO.C7H10N2O2.C6H12N2S.C6H11NOS.C4H7NO.C4H10.10C2H6/c2*1-6(2)8-5-4-7(3)10-9(8)11;1-7(2)9-5-4-8(3)10-6-9;1-7(2)8-5-3-4-6-9(8)10;1-5(2)6-3-4-7(10)9-8(6)11;1-5(2)7-4-6(3)9-8(7)10;1-5(2)9-4-3-6(10)8-7(9)11;1-4(2)5-3-8-6(7)9-5;1-4(2)5-3-7-6(8)9-5;6-4-2-1-3-5-4;1-4(2)3;10*1-2/h2*6,8H,3-5H2,1-2H3,(H,10,11);7,9-10H,3-6H2,1-2H3;7-8H,3-6H2,1-2H3;5-6H,3-4H2,1-2H3,(H,9,10,11);5,7H,3-4H2,1-2H3,(H,9,10);3-5H,1-2H3,(H,8,10,11);4-5H,3H2,1-2H3,(H2,7,8);4-5H,3H2,1-2H3,(H,7,8);1-3H2,(H,5,6);4H,1-3H3;10*1-2H3. The smallest absolute Gasteiger partial charge is 0.328 e. The number of hydrogen-bond donors (Lipinski definition) is 9. The van der Waals surface area contributed by atoms with E-state index < -0.39 is 0 Å². The molecule has 8 unspecified atom stereocenters. The summed E-state index contributed by atoms with van der Waals surface area (Å²) < 4.78 is 1.46. The second kappa shape index (κ2) is 91.0. The number of carbonyl (C=O) groups excluding carboxylic acids is 8. The summed E-state index contributed by atoms with van der Waals surface area (Å²) in [5.74, 6) is 7.92. The number of aliphatic imine (C=N–C) groups is 1. The van der Waals surface area contributed by atoms with Gasteiger partial charge in [0.15, 0.2) is 5.17 Å². The Labute approximate surface area is 760 Å². The number of allylic oxidation sites excluding steroid dienone is 4. The Hall–Kier alpha value is -6.23. The first kappa shape index (κ1) is 139. The summed E-state index contributed by atoms with van der Waals surface area (Å²) in [5, 5.41) is 21.4. The third kappa shape index (κ3) is 74.1. The summed E-state index contributed by atoms with van der Waals surface area (Å²) >= 11 is 3.12. The SMILES string of the molecule is C=C1CC(C(C)C)C(=O)N1.C=C1CCC(C(C)C)C(=O)N1.C=C1CCC(C(C)C)C(=O)N1.C=C1CCC(C(C)C)CN1.CC.CC.CC.CC.CC.CC.CC.CC.CC.CC.CC(C)C.CC(C)C1CCC(=O)NC1=O.CC(C)C1CCCCC1=O.CC(C)C1CN=C(N)S1.CC(C)C1CNC(=O)S1.CC(C)n1ccc(=O)[nH]c1=O.O=C1CCCN1. The van der Waals surface area contributed by atoms with Crippen LogP contribution in [0.15, 0.2) is 75.9 Å². The molecule has 8 fully saturated rings. The molecule has 0 bridgehead atoms. The lowest BCUT2D eigenvalue weighted by Crippen LogP contribution is -2.42. The number of aromatic amines is 1. The number of carbonyl (C=O) groups is 8. The monoisotopic (exact) mass is 1770 g/mol. The molecule has 8 atom stereocenters. The molecule has 7 saturated heterocycles. The number of aromatic nitrogens is 2. The van der Waals surface area contributed by atoms with E-state index in [4.69, 9.17) is 5.73 Å². The van der Waals surface area contributed by atoms with E-state index in [0.717, 1.165) is 130 Å². The van der Waals surface area contributed by atoms with Gasteiger partial charge in [0.1, 0.15) is 5.78 Å². The molecule has 122 heavy (non-hydrogen) atoms. The summed E-state index contributed by atoms with van der Waals surface area (Å²) in [5.41, 5.74) is 8.59. The van der Waals surface area contributed by atoms with Gasteiger partial charge in [0.05, 0.1) is 6.54 Å². The summed E-state index contributed by atoms with van der Waals surface area (Å²) in [6, 6.07) is 1.42. The van der Waals surface area contributed by atoms with Gasteiger partial charge >= 0.3 is 5.69 Å². The zero-order chi connectivity index (χ0) is 98.3. The van der Waals surface area contributed by atoms with Crippen LogP contribution in [0.25, 0.3) is 0 Å². The molecule has 21 nitrogen and oxygen atoms in total. The van der Waals surface area contributed by atoms with Crippen LogP contribution < -0.4 is 54.2 Å². The van der Waals surface area contributed by atoms with Gasteiger partial charge in [0, 0.05) is 120 Å². The molecule has 1 aliphatic carbocycles. The minimum absolute atomic E-state index is 0.0349. The van der Waals surface area contributed by atoms with Crippen molar-refractivity contribution in [2.75, 3.05) is 26.2 Å². The number of thioether (sulfide) groups is 2. The number of imide groups is 1. The first-order valence-corrected chi connectivity index (χ1v) is 49.5. The quantitative estimate of drug-likeness (QED) is 0.104. The third-order valence-electron chi connectivity index (χ3n) is 18.4.